The Morgan fingerprint density at radius 1 is 0.893 bits per heavy atom. The molecule has 2 heterocycles. The van der Waals surface area contributed by atoms with Gasteiger partial charge in [0, 0.05) is 0 Å². The Kier molecular flexibility index (Phi) is 5.00. The van der Waals surface area contributed by atoms with Gasteiger partial charge in [-0.3, -0.25) is 0 Å². The van der Waals surface area contributed by atoms with E-state index in [9.17, 15) is 5.11 Å². The quantitative estimate of drug-likeness (QED) is 0.828. The number of rotatable bonds is 5. The SMILES string of the molecule is OC[C@H]1CCC[C@@H](c2ccc(C3CC3)c(Cc3ccc4c(c3)OCCO4)c2)O1. The maximum absolute atomic E-state index is 9.48. The third kappa shape index (κ3) is 3.76. The molecule has 4 nitrogen and oxygen atoms in total. The van der Waals surface area contributed by atoms with Crippen molar-refractivity contribution >= 4 is 0 Å². The van der Waals surface area contributed by atoms with Crippen LogP contribution in [-0.2, 0) is 11.2 Å². The number of fused-ring (bicyclic) bond motifs is 1. The van der Waals surface area contributed by atoms with E-state index >= 15 is 0 Å². The van der Waals surface area contributed by atoms with Gasteiger partial charge in [0.05, 0.1) is 18.8 Å². The second kappa shape index (κ2) is 7.76. The lowest BCUT2D eigenvalue weighted by Crippen LogP contribution is -2.25. The van der Waals surface area contributed by atoms with Gasteiger partial charge in [0.2, 0.25) is 0 Å². The minimum atomic E-state index is -0.0249. The van der Waals surface area contributed by atoms with Crippen molar-refractivity contribution in [3.8, 4) is 11.5 Å². The van der Waals surface area contributed by atoms with E-state index in [1.54, 1.807) is 0 Å². The summed E-state index contributed by atoms with van der Waals surface area (Å²) in [5.41, 5.74) is 5.37. The van der Waals surface area contributed by atoms with Gasteiger partial charge in [-0.1, -0.05) is 24.3 Å². The summed E-state index contributed by atoms with van der Waals surface area (Å²) in [5, 5.41) is 9.48. The molecule has 2 atom stereocenters. The molecule has 2 aromatic carbocycles. The second-order valence-corrected chi connectivity index (χ2v) is 8.25. The molecule has 2 aromatic rings. The fourth-order valence-corrected chi connectivity index (χ4v) is 4.47. The molecule has 2 aliphatic heterocycles. The summed E-state index contributed by atoms with van der Waals surface area (Å²) in [7, 11) is 0. The van der Waals surface area contributed by atoms with E-state index in [0.717, 1.165) is 37.2 Å². The molecule has 4 heteroatoms. The van der Waals surface area contributed by atoms with E-state index in [2.05, 4.69) is 30.3 Å². The van der Waals surface area contributed by atoms with Gasteiger partial charge in [-0.2, -0.15) is 0 Å². The number of aliphatic hydroxyl groups excluding tert-OH is 1. The number of hydrogen-bond donors (Lipinski definition) is 1. The predicted octanol–water partition coefficient (Wildman–Crippen LogP) is 4.53. The minimum Gasteiger partial charge on any atom is -0.486 e. The van der Waals surface area contributed by atoms with Crippen LogP contribution < -0.4 is 9.47 Å². The van der Waals surface area contributed by atoms with Gasteiger partial charge >= 0.3 is 0 Å². The summed E-state index contributed by atoms with van der Waals surface area (Å²) in [6.45, 7) is 1.35. The molecule has 5 rings (SSSR count). The summed E-state index contributed by atoms with van der Waals surface area (Å²) < 4.78 is 17.6. The molecule has 1 saturated carbocycles. The molecule has 148 valence electrons. The molecule has 0 aromatic heterocycles. The van der Waals surface area contributed by atoms with Crippen molar-refractivity contribution < 1.29 is 19.3 Å². The molecule has 2 fully saturated rings. The highest BCUT2D eigenvalue weighted by Crippen LogP contribution is 2.44. The van der Waals surface area contributed by atoms with E-state index in [-0.39, 0.29) is 18.8 Å². The van der Waals surface area contributed by atoms with Crippen molar-refractivity contribution in [1.82, 2.24) is 0 Å². The summed E-state index contributed by atoms with van der Waals surface area (Å²) in [4.78, 5) is 0. The highest BCUT2D eigenvalue weighted by atomic mass is 16.6. The number of benzene rings is 2. The lowest BCUT2D eigenvalue weighted by molar-refractivity contribution is -0.0737. The Morgan fingerprint density at radius 2 is 1.75 bits per heavy atom. The maximum atomic E-state index is 9.48. The van der Waals surface area contributed by atoms with Gasteiger partial charge in [0.15, 0.2) is 11.5 Å². The molecule has 28 heavy (non-hydrogen) atoms. The number of aliphatic hydroxyl groups is 1. The van der Waals surface area contributed by atoms with Gasteiger partial charge in [0.1, 0.15) is 13.2 Å². The van der Waals surface area contributed by atoms with Crippen LogP contribution in [0, 0.1) is 0 Å². The van der Waals surface area contributed by atoms with E-state index in [4.69, 9.17) is 14.2 Å². The summed E-state index contributed by atoms with van der Waals surface area (Å²) in [5.74, 6) is 2.41. The van der Waals surface area contributed by atoms with Crippen LogP contribution in [0.25, 0.3) is 0 Å². The Balaban J connectivity index is 1.42. The largest absolute Gasteiger partial charge is 0.486 e. The fourth-order valence-electron chi connectivity index (χ4n) is 4.47. The standard InChI is InChI=1S/C24H28O4/c25-15-20-2-1-3-22(28-20)18-7-8-21(17-5-6-17)19(14-18)12-16-4-9-23-24(13-16)27-11-10-26-23/h4,7-9,13-14,17,20,22,25H,1-3,5-6,10-12,15H2/t20-,22+/m1/s1. The van der Waals surface area contributed by atoms with Crippen molar-refractivity contribution in [1.29, 1.82) is 0 Å². The van der Waals surface area contributed by atoms with Crippen molar-refractivity contribution in [2.45, 2.75) is 56.7 Å². The average molecular weight is 380 g/mol. The molecule has 0 radical (unpaired) electrons. The first kappa shape index (κ1) is 18.0. The van der Waals surface area contributed by atoms with Crippen LogP contribution in [0.15, 0.2) is 36.4 Å². The van der Waals surface area contributed by atoms with Gasteiger partial charge in [-0.05, 0) is 78.8 Å². The lowest BCUT2D eigenvalue weighted by atomic mass is 9.91. The van der Waals surface area contributed by atoms with Crippen molar-refractivity contribution in [3.63, 3.8) is 0 Å². The van der Waals surface area contributed by atoms with Gasteiger partial charge < -0.3 is 19.3 Å². The monoisotopic (exact) mass is 380 g/mol. The van der Waals surface area contributed by atoms with E-state index in [1.165, 1.54) is 35.1 Å². The van der Waals surface area contributed by atoms with Crippen LogP contribution in [0.5, 0.6) is 11.5 Å². The molecule has 1 saturated heterocycles. The average Bonchev–Trinajstić information content (AvgIpc) is 3.59. The third-order valence-corrected chi connectivity index (χ3v) is 6.11. The minimum absolute atomic E-state index is 0.0249. The van der Waals surface area contributed by atoms with Crippen LogP contribution >= 0.6 is 0 Å². The molecule has 1 N–H and O–H groups in total. The third-order valence-electron chi connectivity index (χ3n) is 6.11. The molecule has 1 aliphatic carbocycles. The molecular weight excluding hydrogens is 352 g/mol. The smallest absolute Gasteiger partial charge is 0.161 e. The Morgan fingerprint density at radius 3 is 2.57 bits per heavy atom. The molecule has 0 amide bonds. The van der Waals surface area contributed by atoms with Crippen molar-refractivity contribution in [2.24, 2.45) is 0 Å². The molecular formula is C24H28O4. The van der Waals surface area contributed by atoms with Crippen LogP contribution in [0.4, 0.5) is 0 Å². The first-order chi connectivity index (χ1) is 13.8. The van der Waals surface area contributed by atoms with Crippen LogP contribution in [0.3, 0.4) is 0 Å². The van der Waals surface area contributed by atoms with E-state index < -0.39 is 0 Å². The highest BCUT2D eigenvalue weighted by molar-refractivity contribution is 5.47. The normalized spacial score (nSPS) is 24.2. The van der Waals surface area contributed by atoms with Crippen LogP contribution in [0.1, 0.15) is 66.4 Å². The van der Waals surface area contributed by atoms with Gasteiger partial charge in [0.25, 0.3) is 0 Å². The lowest BCUT2D eigenvalue weighted by Gasteiger charge is -2.30. The second-order valence-electron chi connectivity index (χ2n) is 8.25. The Bertz CT molecular complexity index is 842. The summed E-state index contributed by atoms with van der Waals surface area (Å²) in [6, 6.07) is 13.2. The molecule has 0 bridgehead atoms. The Labute approximate surface area is 166 Å². The zero-order valence-electron chi connectivity index (χ0n) is 16.2. The first-order valence-corrected chi connectivity index (χ1v) is 10.6. The van der Waals surface area contributed by atoms with Gasteiger partial charge in [-0.25, -0.2) is 0 Å². The van der Waals surface area contributed by atoms with E-state index in [1.807, 2.05) is 6.07 Å². The van der Waals surface area contributed by atoms with Crippen LogP contribution in [0.2, 0.25) is 0 Å². The zero-order chi connectivity index (χ0) is 18.9. The molecule has 3 aliphatic rings. The van der Waals surface area contributed by atoms with Crippen LogP contribution in [-0.4, -0.2) is 31.0 Å². The van der Waals surface area contributed by atoms with Gasteiger partial charge in [-0.15, -0.1) is 0 Å². The highest BCUT2D eigenvalue weighted by Gasteiger charge is 2.28. The van der Waals surface area contributed by atoms with Crippen molar-refractivity contribution in [2.75, 3.05) is 19.8 Å². The summed E-state index contributed by atoms with van der Waals surface area (Å²) in [6.07, 6.45) is 6.64. The topological polar surface area (TPSA) is 47.9 Å². The fraction of sp³-hybridized carbons (Fsp3) is 0.500. The van der Waals surface area contributed by atoms with E-state index in [0.29, 0.717) is 19.1 Å². The number of hydrogen-bond acceptors (Lipinski definition) is 4. The Hall–Kier alpha value is -2.04. The number of ether oxygens (including phenoxy) is 3. The molecule has 0 unspecified atom stereocenters. The molecule has 0 spiro atoms. The predicted molar refractivity (Wildman–Crippen MR) is 107 cm³/mol. The first-order valence-electron chi connectivity index (χ1n) is 10.6. The zero-order valence-corrected chi connectivity index (χ0v) is 16.2. The maximum Gasteiger partial charge on any atom is 0.161 e. The summed E-state index contributed by atoms with van der Waals surface area (Å²) >= 11 is 0. The van der Waals surface area contributed by atoms with Crippen molar-refractivity contribution in [3.05, 3.63) is 58.7 Å².